The average Bonchev–Trinajstić information content (AvgIpc) is 2.47. The second kappa shape index (κ2) is 8.39. The lowest BCUT2D eigenvalue weighted by molar-refractivity contribution is -0.146. The zero-order valence-corrected chi connectivity index (χ0v) is 13.0. The van der Waals surface area contributed by atoms with Crippen molar-refractivity contribution in [2.24, 2.45) is 0 Å². The lowest BCUT2D eigenvalue weighted by Gasteiger charge is -2.22. The Hall–Kier alpha value is -0.910. The summed E-state index contributed by atoms with van der Waals surface area (Å²) in [5.41, 5.74) is 0.972. The Kier molecular flexibility index (Phi) is 6.50. The molecule has 1 N–H and O–H groups in total. The van der Waals surface area contributed by atoms with Crippen LogP contribution in [0, 0.1) is 0 Å². The van der Waals surface area contributed by atoms with Crippen LogP contribution in [0.3, 0.4) is 0 Å². The summed E-state index contributed by atoms with van der Waals surface area (Å²) in [5, 5.41) is 3.28. The molecule has 0 atom stereocenters. The van der Waals surface area contributed by atoms with Crippen molar-refractivity contribution < 1.29 is 14.3 Å². The molecule has 1 aliphatic rings. The highest BCUT2D eigenvalue weighted by molar-refractivity contribution is 9.10. The summed E-state index contributed by atoms with van der Waals surface area (Å²) < 4.78 is 11.9. The first-order valence-electron chi connectivity index (χ1n) is 6.97. The molecular weight excluding hydrogens is 322 g/mol. The first kappa shape index (κ1) is 15.5. The Morgan fingerprint density at radius 1 is 1.30 bits per heavy atom. The van der Waals surface area contributed by atoms with Gasteiger partial charge in [-0.05, 0) is 32.0 Å². The molecule has 20 heavy (non-hydrogen) atoms. The first-order chi connectivity index (χ1) is 9.75. The molecule has 5 heteroatoms. The third kappa shape index (κ3) is 5.23. The molecule has 0 unspecified atom stereocenters. The van der Waals surface area contributed by atoms with Crippen LogP contribution in [0.5, 0.6) is 0 Å². The quantitative estimate of drug-likeness (QED) is 0.808. The number of halogens is 1. The van der Waals surface area contributed by atoms with E-state index < -0.39 is 0 Å². The Bertz CT molecular complexity index is 433. The van der Waals surface area contributed by atoms with E-state index in [2.05, 4.69) is 21.2 Å². The predicted molar refractivity (Wildman–Crippen MR) is 80.4 cm³/mol. The van der Waals surface area contributed by atoms with Crippen LogP contribution in [0.15, 0.2) is 28.7 Å². The van der Waals surface area contributed by atoms with Gasteiger partial charge in [0.25, 0.3) is 0 Å². The number of piperidine rings is 1. The van der Waals surface area contributed by atoms with Gasteiger partial charge in [-0.25, -0.2) is 0 Å². The zero-order valence-electron chi connectivity index (χ0n) is 11.4. The molecule has 0 aliphatic carbocycles. The summed E-state index contributed by atoms with van der Waals surface area (Å²) in [4.78, 5) is 11.6. The molecule has 0 aromatic heterocycles. The molecule has 0 amide bonds. The Morgan fingerprint density at radius 3 is 2.80 bits per heavy atom. The van der Waals surface area contributed by atoms with Gasteiger partial charge >= 0.3 is 5.97 Å². The third-order valence-corrected chi connectivity index (χ3v) is 4.07. The molecule has 1 aliphatic heterocycles. The lowest BCUT2D eigenvalue weighted by atomic mass is 10.1. The normalized spacial score (nSPS) is 16.1. The summed E-state index contributed by atoms with van der Waals surface area (Å²) >= 11 is 3.43. The van der Waals surface area contributed by atoms with Gasteiger partial charge in [-0.15, -0.1) is 0 Å². The van der Waals surface area contributed by atoms with Crippen LogP contribution in [0.2, 0.25) is 0 Å². The van der Waals surface area contributed by atoms with Crippen molar-refractivity contribution in [3.05, 3.63) is 34.3 Å². The summed E-state index contributed by atoms with van der Waals surface area (Å²) in [6.07, 6.45) is 2.64. The third-order valence-electron chi connectivity index (χ3n) is 3.29. The molecular formula is C15H20BrNO3. The van der Waals surface area contributed by atoms with Gasteiger partial charge in [-0.3, -0.25) is 4.79 Å². The number of ether oxygens (including phenoxy) is 2. The molecule has 1 aromatic rings. The van der Waals surface area contributed by atoms with E-state index in [0.717, 1.165) is 36.0 Å². The van der Waals surface area contributed by atoms with Crippen molar-refractivity contribution in [1.82, 2.24) is 5.32 Å². The molecule has 4 nitrogen and oxygen atoms in total. The predicted octanol–water partition coefficient (Wildman–Crippen LogP) is 2.65. The monoisotopic (exact) mass is 341 g/mol. The number of benzene rings is 1. The van der Waals surface area contributed by atoms with Gasteiger partial charge in [-0.1, -0.05) is 34.1 Å². The smallest absolute Gasteiger partial charge is 0.308 e. The van der Waals surface area contributed by atoms with Gasteiger partial charge in [0.15, 0.2) is 0 Å². The number of carbonyl (C=O) groups excluding carboxylic acids is 1. The van der Waals surface area contributed by atoms with Crippen LogP contribution in [-0.4, -0.2) is 31.8 Å². The minimum Gasteiger partial charge on any atom is -0.461 e. The highest BCUT2D eigenvalue weighted by Crippen LogP contribution is 2.16. The number of hydrogen-bond donors (Lipinski definition) is 1. The standard InChI is InChI=1S/C15H20BrNO3/c16-14-4-2-1-3-12(14)11-20-15(18)7-10-19-13-5-8-17-9-6-13/h1-4,13,17H,5-11H2. The molecule has 1 heterocycles. The van der Waals surface area contributed by atoms with Crippen LogP contribution in [-0.2, 0) is 20.9 Å². The second-order valence-electron chi connectivity index (χ2n) is 4.82. The van der Waals surface area contributed by atoms with Crippen molar-refractivity contribution in [3.63, 3.8) is 0 Å². The van der Waals surface area contributed by atoms with Gasteiger partial charge < -0.3 is 14.8 Å². The minimum atomic E-state index is -0.213. The summed E-state index contributed by atoms with van der Waals surface area (Å²) in [7, 11) is 0. The molecule has 0 saturated carbocycles. The summed E-state index contributed by atoms with van der Waals surface area (Å²) in [5.74, 6) is -0.213. The van der Waals surface area contributed by atoms with Gasteiger partial charge in [-0.2, -0.15) is 0 Å². The fourth-order valence-electron chi connectivity index (χ4n) is 2.12. The maximum atomic E-state index is 11.6. The molecule has 2 rings (SSSR count). The van der Waals surface area contributed by atoms with Crippen LogP contribution in [0.1, 0.15) is 24.8 Å². The Balaban J connectivity index is 1.62. The highest BCUT2D eigenvalue weighted by Gasteiger charge is 2.14. The molecule has 0 spiro atoms. The van der Waals surface area contributed by atoms with E-state index in [-0.39, 0.29) is 12.1 Å². The van der Waals surface area contributed by atoms with Crippen LogP contribution < -0.4 is 5.32 Å². The Morgan fingerprint density at radius 2 is 2.05 bits per heavy atom. The van der Waals surface area contributed by atoms with Crippen molar-refractivity contribution in [2.45, 2.75) is 32.0 Å². The number of carbonyl (C=O) groups is 1. The fourth-order valence-corrected chi connectivity index (χ4v) is 2.52. The zero-order chi connectivity index (χ0) is 14.2. The van der Waals surface area contributed by atoms with E-state index in [0.29, 0.717) is 19.6 Å². The maximum absolute atomic E-state index is 11.6. The van der Waals surface area contributed by atoms with Crippen molar-refractivity contribution >= 4 is 21.9 Å². The van der Waals surface area contributed by atoms with Crippen LogP contribution >= 0.6 is 15.9 Å². The van der Waals surface area contributed by atoms with Gasteiger partial charge in [0.2, 0.25) is 0 Å². The molecule has 1 saturated heterocycles. The van der Waals surface area contributed by atoms with E-state index in [1.165, 1.54) is 0 Å². The number of esters is 1. The van der Waals surface area contributed by atoms with E-state index in [9.17, 15) is 4.79 Å². The maximum Gasteiger partial charge on any atom is 0.308 e. The lowest BCUT2D eigenvalue weighted by Crippen LogP contribution is -2.32. The van der Waals surface area contributed by atoms with Gasteiger partial charge in [0.05, 0.1) is 19.1 Å². The van der Waals surface area contributed by atoms with Crippen molar-refractivity contribution in [1.29, 1.82) is 0 Å². The largest absolute Gasteiger partial charge is 0.461 e. The van der Waals surface area contributed by atoms with E-state index in [4.69, 9.17) is 9.47 Å². The Labute approximate surface area is 128 Å². The number of nitrogens with one attached hydrogen (secondary N) is 1. The second-order valence-corrected chi connectivity index (χ2v) is 5.68. The van der Waals surface area contributed by atoms with Gasteiger partial charge in [0, 0.05) is 10.0 Å². The molecule has 0 radical (unpaired) electrons. The summed E-state index contributed by atoms with van der Waals surface area (Å²) in [6, 6.07) is 7.72. The molecule has 1 fully saturated rings. The molecule has 110 valence electrons. The van der Waals surface area contributed by atoms with E-state index in [1.807, 2.05) is 24.3 Å². The van der Waals surface area contributed by atoms with Crippen LogP contribution in [0.25, 0.3) is 0 Å². The SMILES string of the molecule is O=C(CCOC1CCNCC1)OCc1ccccc1Br. The molecule has 1 aromatic carbocycles. The van der Waals surface area contributed by atoms with E-state index >= 15 is 0 Å². The van der Waals surface area contributed by atoms with Gasteiger partial charge in [0.1, 0.15) is 6.61 Å². The average molecular weight is 342 g/mol. The first-order valence-corrected chi connectivity index (χ1v) is 7.76. The minimum absolute atomic E-state index is 0.213. The summed E-state index contributed by atoms with van der Waals surface area (Å²) in [6.45, 7) is 2.74. The fraction of sp³-hybridized carbons (Fsp3) is 0.533. The van der Waals surface area contributed by atoms with Crippen LogP contribution in [0.4, 0.5) is 0 Å². The van der Waals surface area contributed by atoms with Crippen molar-refractivity contribution in [3.8, 4) is 0 Å². The molecule has 0 bridgehead atoms. The number of rotatable bonds is 6. The van der Waals surface area contributed by atoms with E-state index in [1.54, 1.807) is 0 Å². The number of hydrogen-bond acceptors (Lipinski definition) is 4. The van der Waals surface area contributed by atoms with Crippen molar-refractivity contribution in [2.75, 3.05) is 19.7 Å². The topological polar surface area (TPSA) is 47.6 Å². The highest BCUT2D eigenvalue weighted by atomic mass is 79.9.